The quantitative estimate of drug-likeness (QED) is 0.698. The van der Waals surface area contributed by atoms with Crippen molar-refractivity contribution < 1.29 is 9.59 Å². The molecule has 7 heteroatoms. The SMILES string of the molecule is NC(=O)c1ccc(NC(=O)CCSCc2ccc(Cl)c(Cl)c2)cc1. The van der Waals surface area contributed by atoms with Crippen molar-refractivity contribution in [2.24, 2.45) is 5.73 Å². The van der Waals surface area contributed by atoms with Crippen molar-refractivity contribution in [1.29, 1.82) is 0 Å². The van der Waals surface area contributed by atoms with Gasteiger partial charge in [-0.25, -0.2) is 0 Å². The molecule has 24 heavy (non-hydrogen) atoms. The van der Waals surface area contributed by atoms with E-state index in [0.717, 1.165) is 11.3 Å². The zero-order valence-corrected chi connectivity index (χ0v) is 15.0. The Kier molecular flexibility index (Phi) is 6.97. The summed E-state index contributed by atoms with van der Waals surface area (Å²) in [4.78, 5) is 22.9. The molecule has 0 radical (unpaired) electrons. The van der Waals surface area contributed by atoms with Crippen LogP contribution >= 0.6 is 35.0 Å². The van der Waals surface area contributed by atoms with Crippen molar-refractivity contribution in [3.63, 3.8) is 0 Å². The summed E-state index contributed by atoms with van der Waals surface area (Å²) in [5.74, 6) is 0.873. The average molecular weight is 383 g/mol. The third-order valence-corrected chi connectivity index (χ3v) is 4.95. The van der Waals surface area contributed by atoms with Gasteiger partial charge in [0.2, 0.25) is 11.8 Å². The molecule has 0 heterocycles. The van der Waals surface area contributed by atoms with E-state index in [1.165, 1.54) is 0 Å². The van der Waals surface area contributed by atoms with E-state index in [1.54, 1.807) is 42.1 Å². The van der Waals surface area contributed by atoms with Gasteiger partial charge in [-0.3, -0.25) is 9.59 Å². The number of primary amides is 1. The first-order valence-electron chi connectivity index (χ1n) is 7.17. The van der Waals surface area contributed by atoms with Crippen LogP contribution in [0, 0.1) is 0 Å². The second-order valence-corrected chi connectivity index (χ2v) is 6.96. The number of halogens is 2. The first-order chi connectivity index (χ1) is 11.5. The highest BCUT2D eigenvalue weighted by molar-refractivity contribution is 7.98. The van der Waals surface area contributed by atoms with Crippen LogP contribution < -0.4 is 11.1 Å². The van der Waals surface area contributed by atoms with Crippen LogP contribution in [0.2, 0.25) is 10.0 Å². The highest BCUT2D eigenvalue weighted by Crippen LogP contribution is 2.24. The first-order valence-corrected chi connectivity index (χ1v) is 9.08. The van der Waals surface area contributed by atoms with Gasteiger partial charge in [0, 0.05) is 29.2 Å². The number of anilines is 1. The van der Waals surface area contributed by atoms with Gasteiger partial charge in [-0.1, -0.05) is 29.3 Å². The van der Waals surface area contributed by atoms with Crippen LogP contribution in [0.5, 0.6) is 0 Å². The van der Waals surface area contributed by atoms with Crippen molar-refractivity contribution in [3.05, 3.63) is 63.6 Å². The second kappa shape index (κ2) is 8.97. The fourth-order valence-corrected chi connectivity index (χ4v) is 3.14. The monoisotopic (exact) mass is 382 g/mol. The van der Waals surface area contributed by atoms with E-state index in [4.69, 9.17) is 28.9 Å². The number of amides is 2. The maximum absolute atomic E-state index is 11.9. The molecule has 0 unspecified atom stereocenters. The molecule has 0 saturated carbocycles. The zero-order chi connectivity index (χ0) is 17.5. The number of rotatable bonds is 7. The fourth-order valence-electron chi connectivity index (χ4n) is 1.93. The summed E-state index contributed by atoms with van der Waals surface area (Å²) in [6.45, 7) is 0. The van der Waals surface area contributed by atoms with Gasteiger partial charge in [0.25, 0.3) is 0 Å². The third kappa shape index (κ3) is 5.74. The number of benzene rings is 2. The minimum atomic E-state index is -0.494. The standard InChI is InChI=1S/C17H16Cl2N2O2S/c18-14-6-1-11(9-15(14)19)10-24-8-7-16(22)21-13-4-2-12(3-5-13)17(20)23/h1-6,9H,7-8,10H2,(H2,20,23)(H,21,22). The molecule has 0 aromatic heterocycles. The van der Waals surface area contributed by atoms with Crippen LogP contribution in [0.25, 0.3) is 0 Å². The molecule has 4 nitrogen and oxygen atoms in total. The summed E-state index contributed by atoms with van der Waals surface area (Å²) in [6.07, 6.45) is 0.392. The Labute approximate surface area is 154 Å². The molecule has 2 aromatic rings. The lowest BCUT2D eigenvalue weighted by molar-refractivity contribution is -0.115. The molecule has 0 atom stereocenters. The molecule has 0 bridgehead atoms. The Morgan fingerprint density at radius 2 is 1.75 bits per heavy atom. The number of nitrogens with one attached hydrogen (secondary N) is 1. The van der Waals surface area contributed by atoms with E-state index in [-0.39, 0.29) is 5.91 Å². The van der Waals surface area contributed by atoms with Crippen molar-refractivity contribution in [3.8, 4) is 0 Å². The topological polar surface area (TPSA) is 72.2 Å². The van der Waals surface area contributed by atoms with Crippen molar-refractivity contribution in [1.82, 2.24) is 0 Å². The van der Waals surface area contributed by atoms with Crippen LogP contribution in [0.15, 0.2) is 42.5 Å². The van der Waals surface area contributed by atoms with Gasteiger partial charge in [-0.05, 0) is 42.0 Å². The average Bonchev–Trinajstić information content (AvgIpc) is 2.55. The molecule has 0 aliphatic rings. The molecular weight excluding hydrogens is 367 g/mol. The van der Waals surface area contributed by atoms with Gasteiger partial charge in [-0.2, -0.15) is 11.8 Å². The number of hydrogen-bond acceptors (Lipinski definition) is 3. The van der Waals surface area contributed by atoms with E-state index >= 15 is 0 Å². The number of thioether (sulfide) groups is 1. The Hall–Kier alpha value is -1.69. The van der Waals surface area contributed by atoms with Crippen LogP contribution in [-0.4, -0.2) is 17.6 Å². The van der Waals surface area contributed by atoms with Crippen molar-refractivity contribution >= 4 is 52.5 Å². The van der Waals surface area contributed by atoms with E-state index < -0.39 is 5.91 Å². The van der Waals surface area contributed by atoms with Gasteiger partial charge in [0.05, 0.1) is 10.0 Å². The lowest BCUT2D eigenvalue weighted by Crippen LogP contribution is -2.13. The van der Waals surface area contributed by atoms with Crippen LogP contribution in [-0.2, 0) is 10.5 Å². The third-order valence-electron chi connectivity index (χ3n) is 3.18. The van der Waals surface area contributed by atoms with Crippen molar-refractivity contribution in [2.45, 2.75) is 12.2 Å². The highest BCUT2D eigenvalue weighted by atomic mass is 35.5. The molecular formula is C17H16Cl2N2O2S. The molecule has 0 aliphatic carbocycles. The molecule has 3 N–H and O–H groups in total. The Morgan fingerprint density at radius 3 is 2.38 bits per heavy atom. The normalized spacial score (nSPS) is 10.4. The largest absolute Gasteiger partial charge is 0.366 e. The Morgan fingerprint density at radius 1 is 1.04 bits per heavy atom. The van der Waals surface area contributed by atoms with Gasteiger partial charge < -0.3 is 11.1 Å². The summed E-state index contributed by atoms with van der Waals surface area (Å²) in [6, 6.07) is 12.0. The van der Waals surface area contributed by atoms with Gasteiger partial charge in [0.1, 0.15) is 0 Å². The number of hydrogen-bond donors (Lipinski definition) is 2. The molecule has 2 aromatic carbocycles. The molecule has 0 spiro atoms. The maximum Gasteiger partial charge on any atom is 0.248 e. The number of carbonyl (C=O) groups excluding carboxylic acids is 2. The molecule has 126 valence electrons. The van der Waals surface area contributed by atoms with Gasteiger partial charge in [0.15, 0.2) is 0 Å². The summed E-state index contributed by atoms with van der Waals surface area (Å²) in [5.41, 5.74) is 7.28. The number of carbonyl (C=O) groups is 2. The minimum Gasteiger partial charge on any atom is -0.366 e. The summed E-state index contributed by atoms with van der Waals surface area (Å²) in [7, 11) is 0. The Bertz CT molecular complexity index is 736. The predicted molar refractivity (Wildman–Crippen MR) is 101 cm³/mol. The van der Waals surface area contributed by atoms with Gasteiger partial charge in [-0.15, -0.1) is 0 Å². The van der Waals surface area contributed by atoms with Crippen LogP contribution in [0.4, 0.5) is 5.69 Å². The van der Waals surface area contributed by atoms with E-state index in [1.807, 2.05) is 12.1 Å². The predicted octanol–water partition coefficient (Wildman–Crippen LogP) is 4.35. The first kappa shape index (κ1) is 18.6. The molecule has 2 amide bonds. The van der Waals surface area contributed by atoms with E-state index in [0.29, 0.717) is 33.5 Å². The van der Waals surface area contributed by atoms with E-state index in [9.17, 15) is 9.59 Å². The van der Waals surface area contributed by atoms with Crippen LogP contribution in [0.1, 0.15) is 22.3 Å². The highest BCUT2D eigenvalue weighted by Gasteiger charge is 2.05. The summed E-state index contributed by atoms with van der Waals surface area (Å²) < 4.78 is 0. The molecule has 0 fully saturated rings. The lowest BCUT2D eigenvalue weighted by Gasteiger charge is -2.06. The molecule has 0 aliphatic heterocycles. The number of nitrogens with two attached hydrogens (primary N) is 1. The van der Waals surface area contributed by atoms with Gasteiger partial charge >= 0.3 is 0 Å². The smallest absolute Gasteiger partial charge is 0.248 e. The molecule has 2 rings (SSSR count). The molecule has 0 saturated heterocycles. The van der Waals surface area contributed by atoms with E-state index in [2.05, 4.69) is 5.32 Å². The van der Waals surface area contributed by atoms with Crippen LogP contribution in [0.3, 0.4) is 0 Å². The summed E-state index contributed by atoms with van der Waals surface area (Å²) in [5, 5.41) is 3.85. The lowest BCUT2D eigenvalue weighted by atomic mass is 10.2. The second-order valence-electron chi connectivity index (χ2n) is 5.04. The van der Waals surface area contributed by atoms with Crippen molar-refractivity contribution in [2.75, 3.05) is 11.1 Å². The summed E-state index contributed by atoms with van der Waals surface area (Å²) >= 11 is 13.5. The zero-order valence-electron chi connectivity index (χ0n) is 12.7. The Balaban J connectivity index is 1.73. The fraction of sp³-hybridized carbons (Fsp3) is 0.176. The maximum atomic E-state index is 11.9. The minimum absolute atomic E-state index is 0.0801.